The highest BCUT2D eigenvalue weighted by molar-refractivity contribution is 6.30. The van der Waals surface area contributed by atoms with Crippen molar-refractivity contribution in [2.45, 2.75) is 0 Å². The molecule has 0 atom stereocenters. The second-order valence-electron chi connectivity index (χ2n) is 1.17. The van der Waals surface area contributed by atoms with Crippen LogP contribution in [0.4, 0.5) is 5.88 Å². The first kappa shape index (κ1) is 4.53. The van der Waals surface area contributed by atoms with E-state index in [9.17, 15) is 0 Å². The molecule has 0 radical (unpaired) electrons. The summed E-state index contributed by atoms with van der Waals surface area (Å²) in [7, 11) is 0. The number of halogens is 1. The van der Waals surface area contributed by atoms with Gasteiger partial charge in [0.05, 0.1) is 5.02 Å². The SMILES string of the molecule is Nc1cc(Cl)co1. The average Bonchev–Trinajstić information content (AvgIpc) is 1.87. The zero-order valence-corrected chi connectivity index (χ0v) is 4.27. The molecule has 3 heteroatoms. The Labute approximate surface area is 45.9 Å². The first-order valence-corrected chi connectivity index (χ1v) is 2.16. The largest absolute Gasteiger partial charge is 0.448 e. The van der Waals surface area contributed by atoms with Crippen molar-refractivity contribution < 1.29 is 4.42 Å². The third kappa shape index (κ3) is 0.871. The number of nitrogens with two attached hydrogens (primary N) is 1. The zero-order valence-electron chi connectivity index (χ0n) is 3.52. The number of rotatable bonds is 0. The molecule has 0 amide bonds. The van der Waals surface area contributed by atoms with Gasteiger partial charge in [-0.25, -0.2) is 0 Å². The van der Waals surface area contributed by atoms with Gasteiger partial charge in [-0.15, -0.1) is 0 Å². The van der Waals surface area contributed by atoms with Gasteiger partial charge in [-0.1, -0.05) is 11.6 Å². The summed E-state index contributed by atoms with van der Waals surface area (Å²) < 4.78 is 4.61. The third-order valence-corrected chi connectivity index (χ3v) is 0.786. The number of hydrogen-bond acceptors (Lipinski definition) is 2. The van der Waals surface area contributed by atoms with E-state index in [0.29, 0.717) is 10.9 Å². The van der Waals surface area contributed by atoms with E-state index in [2.05, 4.69) is 4.42 Å². The molecule has 0 aliphatic rings. The standard InChI is InChI=1S/C4H4ClNO/c5-3-1-4(6)7-2-3/h1-2H,6H2. The summed E-state index contributed by atoms with van der Waals surface area (Å²) in [5, 5.41) is 0.539. The Kier molecular flexibility index (Phi) is 0.947. The quantitative estimate of drug-likeness (QED) is 0.560. The molecule has 0 bridgehead atoms. The smallest absolute Gasteiger partial charge is 0.191 e. The van der Waals surface area contributed by atoms with Gasteiger partial charge in [-0.2, -0.15) is 0 Å². The molecule has 2 nitrogen and oxygen atoms in total. The molecule has 1 aromatic rings. The van der Waals surface area contributed by atoms with E-state index in [4.69, 9.17) is 17.3 Å². The average molecular weight is 118 g/mol. The summed E-state index contributed by atoms with van der Waals surface area (Å²) >= 11 is 5.39. The molecule has 38 valence electrons. The van der Waals surface area contributed by atoms with Gasteiger partial charge in [-0.05, 0) is 0 Å². The molecule has 0 fully saturated rings. The molecule has 0 saturated heterocycles. The number of nitrogen functional groups attached to an aromatic ring is 1. The molecule has 1 heterocycles. The summed E-state index contributed by atoms with van der Waals surface area (Å²) in [6.45, 7) is 0. The van der Waals surface area contributed by atoms with E-state index in [1.807, 2.05) is 0 Å². The second kappa shape index (κ2) is 1.46. The highest BCUT2D eigenvalue weighted by atomic mass is 35.5. The van der Waals surface area contributed by atoms with E-state index in [0.717, 1.165) is 0 Å². The predicted molar refractivity (Wildman–Crippen MR) is 28.1 cm³/mol. The van der Waals surface area contributed by atoms with Crippen LogP contribution >= 0.6 is 11.6 Å². The normalized spacial score (nSPS) is 9.29. The fraction of sp³-hybridized carbons (Fsp3) is 0. The molecule has 0 saturated carbocycles. The Bertz CT molecular complexity index is 144. The van der Waals surface area contributed by atoms with Crippen molar-refractivity contribution in [1.29, 1.82) is 0 Å². The van der Waals surface area contributed by atoms with Crippen LogP contribution in [0.3, 0.4) is 0 Å². The van der Waals surface area contributed by atoms with Crippen LogP contribution in [0.2, 0.25) is 5.02 Å². The lowest BCUT2D eigenvalue weighted by Crippen LogP contribution is -1.74. The molecule has 7 heavy (non-hydrogen) atoms. The van der Waals surface area contributed by atoms with Crippen molar-refractivity contribution in [3.63, 3.8) is 0 Å². The lowest BCUT2D eigenvalue weighted by Gasteiger charge is -1.70. The third-order valence-electron chi connectivity index (χ3n) is 0.588. The number of hydrogen-bond donors (Lipinski definition) is 1. The molecule has 0 unspecified atom stereocenters. The fourth-order valence-corrected chi connectivity index (χ4v) is 0.480. The van der Waals surface area contributed by atoms with Crippen LogP contribution in [0, 0.1) is 0 Å². The Hall–Kier alpha value is -0.630. The molecule has 0 spiro atoms. The van der Waals surface area contributed by atoms with Crippen molar-refractivity contribution in [2.75, 3.05) is 5.73 Å². The van der Waals surface area contributed by atoms with Crippen LogP contribution < -0.4 is 5.73 Å². The lowest BCUT2D eigenvalue weighted by molar-refractivity contribution is 0.588. The minimum atomic E-state index is 0.352. The maximum atomic E-state index is 5.39. The molecule has 1 rings (SSSR count). The van der Waals surface area contributed by atoms with Crippen LogP contribution in [0.5, 0.6) is 0 Å². The molecule has 0 aliphatic heterocycles. The molecular weight excluding hydrogens is 114 g/mol. The van der Waals surface area contributed by atoms with Gasteiger partial charge in [0, 0.05) is 6.07 Å². The van der Waals surface area contributed by atoms with Crippen LogP contribution in [-0.4, -0.2) is 0 Å². The monoisotopic (exact) mass is 117 g/mol. The van der Waals surface area contributed by atoms with Crippen LogP contribution in [-0.2, 0) is 0 Å². The van der Waals surface area contributed by atoms with Gasteiger partial charge >= 0.3 is 0 Å². The predicted octanol–water partition coefficient (Wildman–Crippen LogP) is 1.52. The van der Waals surface area contributed by atoms with E-state index < -0.39 is 0 Å². The Morgan fingerprint density at radius 1 is 1.71 bits per heavy atom. The Morgan fingerprint density at radius 2 is 2.43 bits per heavy atom. The Balaban J connectivity index is 3.04. The highest BCUT2D eigenvalue weighted by Crippen LogP contribution is 2.13. The van der Waals surface area contributed by atoms with Crippen LogP contribution in [0.25, 0.3) is 0 Å². The van der Waals surface area contributed by atoms with Gasteiger partial charge < -0.3 is 10.2 Å². The maximum absolute atomic E-state index is 5.39. The first-order valence-electron chi connectivity index (χ1n) is 1.78. The van der Waals surface area contributed by atoms with Gasteiger partial charge in [0.15, 0.2) is 5.88 Å². The van der Waals surface area contributed by atoms with Crippen molar-refractivity contribution in [1.82, 2.24) is 0 Å². The van der Waals surface area contributed by atoms with Crippen molar-refractivity contribution in [3.05, 3.63) is 17.4 Å². The Morgan fingerprint density at radius 3 is 2.57 bits per heavy atom. The zero-order chi connectivity index (χ0) is 5.28. The highest BCUT2D eigenvalue weighted by Gasteiger charge is 1.89. The summed E-state index contributed by atoms with van der Waals surface area (Å²) in [4.78, 5) is 0. The maximum Gasteiger partial charge on any atom is 0.191 e. The van der Waals surface area contributed by atoms with Gasteiger partial charge in [0.25, 0.3) is 0 Å². The molecular formula is C4H4ClNO. The summed E-state index contributed by atoms with van der Waals surface area (Å²) in [6.07, 6.45) is 1.39. The van der Waals surface area contributed by atoms with Crippen LogP contribution in [0.1, 0.15) is 0 Å². The summed E-state index contributed by atoms with van der Waals surface area (Å²) in [5.41, 5.74) is 5.13. The van der Waals surface area contributed by atoms with Crippen LogP contribution in [0.15, 0.2) is 16.7 Å². The van der Waals surface area contributed by atoms with E-state index in [1.54, 1.807) is 6.07 Å². The van der Waals surface area contributed by atoms with Gasteiger partial charge in [0.2, 0.25) is 0 Å². The van der Waals surface area contributed by atoms with E-state index in [1.165, 1.54) is 6.26 Å². The van der Waals surface area contributed by atoms with Crippen molar-refractivity contribution >= 4 is 17.5 Å². The molecule has 0 aliphatic carbocycles. The molecule has 0 aromatic carbocycles. The van der Waals surface area contributed by atoms with Gasteiger partial charge in [0.1, 0.15) is 6.26 Å². The van der Waals surface area contributed by atoms with Crippen molar-refractivity contribution in [3.8, 4) is 0 Å². The number of furan rings is 1. The van der Waals surface area contributed by atoms with E-state index >= 15 is 0 Å². The topological polar surface area (TPSA) is 39.2 Å². The molecule has 1 aromatic heterocycles. The second-order valence-corrected chi connectivity index (χ2v) is 1.60. The minimum Gasteiger partial charge on any atom is -0.448 e. The molecule has 2 N–H and O–H groups in total. The van der Waals surface area contributed by atoms with Gasteiger partial charge in [-0.3, -0.25) is 0 Å². The summed E-state index contributed by atoms with van der Waals surface area (Å²) in [6, 6.07) is 1.54. The number of anilines is 1. The minimum absolute atomic E-state index is 0.352. The van der Waals surface area contributed by atoms with E-state index in [-0.39, 0.29) is 0 Å². The lowest BCUT2D eigenvalue weighted by atomic mass is 10.6. The van der Waals surface area contributed by atoms with Crippen molar-refractivity contribution in [2.24, 2.45) is 0 Å². The first-order chi connectivity index (χ1) is 3.29. The fourth-order valence-electron chi connectivity index (χ4n) is 0.328. The summed E-state index contributed by atoms with van der Waals surface area (Å²) in [5.74, 6) is 0.352.